The monoisotopic (exact) mass is 382 g/mol. The summed E-state index contributed by atoms with van der Waals surface area (Å²) in [6.07, 6.45) is 0. The van der Waals surface area contributed by atoms with Gasteiger partial charge in [0.05, 0.1) is 22.4 Å². The van der Waals surface area contributed by atoms with Crippen LogP contribution >= 0.6 is 39.3 Å². The zero-order valence-electron chi connectivity index (χ0n) is 10.4. The molecule has 2 aromatic carbocycles. The molecule has 3 rings (SSSR count). The Balaban J connectivity index is 1.98. The zero-order valence-corrected chi connectivity index (χ0v) is 13.6. The first-order valence-corrected chi connectivity index (χ1v) is 7.73. The number of benzene rings is 2. The molecule has 1 heterocycles. The van der Waals surface area contributed by atoms with E-state index in [0.717, 1.165) is 16.2 Å². The van der Waals surface area contributed by atoms with Gasteiger partial charge in [-0.1, -0.05) is 11.6 Å². The van der Waals surface area contributed by atoms with E-state index in [1.807, 2.05) is 0 Å². The molecule has 0 unspecified atom stereocenters. The molecule has 0 aliphatic heterocycles. The van der Waals surface area contributed by atoms with Crippen molar-refractivity contribution in [3.8, 4) is 0 Å². The molecule has 8 heteroatoms. The van der Waals surface area contributed by atoms with Crippen LogP contribution in [0.15, 0.2) is 34.8 Å². The van der Waals surface area contributed by atoms with Gasteiger partial charge in [-0.05, 0) is 46.3 Å². The molecule has 0 atom stereocenters. The van der Waals surface area contributed by atoms with Crippen molar-refractivity contribution in [3.05, 3.63) is 45.4 Å². The van der Waals surface area contributed by atoms with E-state index in [4.69, 9.17) is 17.3 Å². The van der Waals surface area contributed by atoms with Crippen molar-refractivity contribution in [2.24, 2.45) is 0 Å². The predicted octanol–water partition coefficient (Wildman–Crippen LogP) is 3.94. The van der Waals surface area contributed by atoms with Gasteiger partial charge in [0.25, 0.3) is 5.91 Å². The summed E-state index contributed by atoms with van der Waals surface area (Å²) in [5.74, 6) is -0.309. The molecule has 0 saturated heterocycles. The van der Waals surface area contributed by atoms with Crippen LogP contribution in [0.25, 0.3) is 11.0 Å². The summed E-state index contributed by atoms with van der Waals surface area (Å²) >= 11 is 10.5. The molecule has 0 spiro atoms. The maximum atomic E-state index is 12.3. The molecule has 3 N–H and O–H groups in total. The van der Waals surface area contributed by atoms with Crippen molar-refractivity contribution >= 4 is 67.6 Å². The molecule has 5 nitrogen and oxygen atoms in total. The van der Waals surface area contributed by atoms with Gasteiger partial charge in [-0.2, -0.15) is 8.75 Å². The summed E-state index contributed by atoms with van der Waals surface area (Å²) < 4.78 is 9.02. The van der Waals surface area contributed by atoms with Crippen LogP contribution in [-0.2, 0) is 0 Å². The summed E-state index contributed by atoms with van der Waals surface area (Å²) in [6.45, 7) is 0. The Morgan fingerprint density at radius 2 is 2.10 bits per heavy atom. The van der Waals surface area contributed by atoms with Gasteiger partial charge in [0.1, 0.15) is 11.0 Å². The van der Waals surface area contributed by atoms with Gasteiger partial charge >= 0.3 is 0 Å². The molecule has 1 aromatic heterocycles. The van der Waals surface area contributed by atoms with Gasteiger partial charge in [-0.25, -0.2) is 0 Å². The molecule has 0 aliphatic rings. The Morgan fingerprint density at radius 3 is 2.86 bits per heavy atom. The average Bonchev–Trinajstić information content (AvgIpc) is 2.93. The van der Waals surface area contributed by atoms with Crippen LogP contribution in [0, 0.1) is 0 Å². The van der Waals surface area contributed by atoms with E-state index in [1.54, 1.807) is 30.3 Å². The van der Waals surface area contributed by atoms with Gasteiger partial charge in [0.2, 0.25) is 0 Å². The van der Waals surface area contributed by atoms with Crippen LogP contribution in [0.3, 0.4) is 0 Å². The molecule has 3 aromatic rings. The highest BCUT2D eigenvalue weighted by molar-refractivity contribution is 9.10. The van der Waals surface area contributed by atoms with Crippen molar-refractivity contribution < 1.29 is 4.79 Å². The van der Waals surface area contributed by atoms with Crippen molar-refractivity contribution in [1.29, 1.82) is 0 Å². The number of carbonyl (C=O) groups excluding carboxylic acids is 1. The number of carbonyl (C=O) groups is 1. The fraction of sp³-hybridized carbons (Fsp3) is 0. The molecule has 0 bridgehead atoms. The normalized spacial score (nSPS) is 10.8. The fourth-order valence-corrected chi connectivity index (χ4v) is 2.81. The second-order valence-electron chi connectivity index (χ2n) is 4.24. The standard InChI is InChI=1S/C13H8BrClN4OS/c14-7-2-1-6(5-9(7)16)13(20)17-11-8(15)3-4-10-12(11)19-21-18-10/h1-5H,16H2,(H,17,20). The number of nitrogens with two attached hydrogens (primary N) is 1. The number of hydrogen-bond acceptors (Lipinski definition) is 5. The number of fused-ring (bicyclic) bond motifs is 1. The lowest BCUT2D eigenvalue weighted by Crippen LogP contribution is -2.13. The smallest absolute Gasteiger partial charge is 0.255 e. The van der Waals surface area contributed by atoms with Crippen LogP contribution in [0.2, 0.25) is 5.02 Å². The highest BCUT2D eigenvalue weighted by atomic mass is 79.9. The van der Waals surface area contributed by atoms with E-state index >= 15 is 0 Å². The van der Waals surface area contributed by atoms with Crippen molar-refractivity contribution in [2.45, 2.75) is 0 Å². The third kappa shape index (κ3) is 2.72. The second kappa shape index (κ2) is 5.59. The number of halogens is 2. The minimum atomic E-state index is -0.309. The SMILES string of the molecule is Nc1cc(C(=O)Nc2c(Cl)ccc3nsnc23)ccc1Br. The molecule has 106 valence electrons. The first-order valence-electron chi connectivity index (χ1n) is 5.83. The van der Waals surface area contributed by atoms with Gasteiger partial charge in [0, 0.05) is 15.7 Å². The van der Waals surface area contributed by atoms with E-state index in [2.05, 4.69) is 30.0 Å². The maximum absolute atomic E-state index is 12.3. The molecule has 0 aliphatic carbocycles. The lowest BCUT2D eigenvalue weighted by Gasteiger charge is -2.08. The molecular weight excluding hydrogens is 376 g/mol. The van der Waals surface area contributed by atoms with Gasteiger partial charge in [0.15, 0.2) is 0 Å². The summed E-state index contributed by atoms with van der Waals surface area (Å²) in [5, 5.41) is 3.18. The Kier molecular flexibility index (Phi) is 3.79. The van der Waals surface area contributed by atoms with Crippen LogP contribution in [-0.4, -0.2) is 14.7 Å². The third-order valence-corrected chi connectivity index (χ3v) is 4.45. The average molecular weight is 384 g/mol. The van der Waals surface area contributed by atoms with Crippen LogP contribution in [0.4, 0.5) is 11.4 Å². The van der Waals surface area contributed by atoms with E-state index in [9.17, 15) is 4.79 Å². The number of anilines is 2. The van der Waals surface area contributed by atoms with E-state index in [1.165, 1.54) is 0 Å². The molecule has 0 saturated carbocycles. The lowest BCUT2D eigenvalue weighted by molar-refractivity contribution is 0.102. The second-order valence-corrected chi connectivity index (χ2v) is 6.03. The first-order chi connectivity index (χ1) is 10.1. The van der Waals surface area contributed by atoms with Crippen LogP contribution in [0.1, 0.15) is 10.4 Å². The zero-order chi connectivity index (χ0) is 15.0. The summed E-state index contributed by atoms with van der Waals surface area (Å²) in [5.41, 5.74) is 8.43. The lowest BCUT2D eigenvalue weighted by atomic mass is 10.2. The van der Waals surface area contributed by atoms with Crippen LogP contribution < -0.4 is 11.1 Å². The number of amides is 1. The number of rotatable bonds is 2. The van der Waals surface area contributed by atoms with E-state index in [0.29, 0.717) is 33.0 Å². The van der Waals surface area contributed by atoms with Crippen molar-refractivity contribution in [1.82, 2.24) is 8.75 Å². The molecule has 0 radical (unpaired) electrons. The largest absolute Gasteiger partial charge is 0.398 e. The first kappa shape index (κ1) is 14.2. The number of nitrogens with one attached hydrogen (secondary N) is 1. The summed E-state index contributed by atoms with van der Waals surface area (Å²) in [4.78, 5) is 12.3. The topological polar surface area (TPSA) is 80.9 Å². The Bertz CT molecular complexity index is 851. The summed E-state index contributed by atoms with van der Waals surface area (Å²) in [6, 6.07) is 8.41. The minimum absolute atomic E-state index is 0.309. The van der Waals surface area contributed by atoms with Crippen LogP contribution in [0.5, 0.6) is 0 Å². The fourth-order valence-electron chi connectivity index (χ4n) is 1.82. The van der Waals surface area contributed by atoms with Gasteiger partial charge < -0.3 is 11.1 Å². The number of nitrogens with zero attached hydrogens (tertiary/aromatic N) is 2. The Hall–Kier alpha value is -1.70. The predicted molar refractivity (Wildman–Crippen MR) is 88.9 cm³/mol. The Labute approximate surface area is 137 Å². The molecule has 0 fully saturated rings. The van der Waals surface area contributed by atoms with Gasteiger partial charge in [-0.3, -0.25) is 4.79 Å². The summed E-state index contributed by atoms with van der Waals surface area (Å²) in [7, 11) is 0. The quantitative estimate of drug-likeness (QED) is 0.657. The van der Waals surface area contributed by atoms with Crippen molar-refractivity contribution in [3.63, 3.8) is 0 Å². The highest BCUT2D eigenvalue weighted by Gasteiger charge is 2.14. The number of hydrogen-bond donors (Lipinski definition) is 2. The number of nitrogen functional groups attached to an aromatic ring is 1. The van der Waals surface area contributed by atoms with E-state index < -0.39 is 0 Å². The highest BCUT2D eigenvalue weighted by Crippen LogP contribution is 2.30. The van der Waals surface area contributed by atoms with Gasteiger partial charge in [-0.15, -0.1) is 0 Å². The maximum Gasteiger partial charge on any atom is 0.255 e. The third-order valence-electron chi connectivity index (χ3n) is 2.87. The number of aromatic nitrogens is 2. The molecular formula is C13H8BrClN4OS. The molecule has 21 heavy (non-hydrogen) atoms. The minimum Gasteiger partial charge on any atom is -0.398 e. The van der Waals surface area contributed by atoms with E-state index in [-0.39, 0.29) is 5.91 Å². The molecule has 1 amide bonds. The Morgan fingerprint density at radius 1 is 1.29 bits per heavy atom. The van der Waals surface area contributed by atoms with Crippen molar-refractivity contribution in [2.75, 3.05) is 11.1 Å².